The minimum Gasteiger partial charge on any atom is -0.497 e. The van der Waals surface area contributed by atoms with Crippen molar-refractivity contribution in [2.45, 2.75) is 39.8 Å². The molecule has 0 aliphatic rings. The highest BCUT2D eigenvalue weighted by Gasteiger charge is 2.18. The molecule has 0 aliphatic heterocycles. The lowest BCUT2D eigenvalue weighted by Crippen LogP contribution is -2.37. The predicted molar refractivity (Wildman–Crippen MR) is 95.6 cm³/mol. The molecule has 0 fully saturated rings. The van der Waals surface area contributed by atoms with Crippen molar-refractivity contribution in [3.05, 3.63) is 59.2 Å². The Hall–Kier alpha value is -2.49. The van der Waals surface area contributed by atoms with Gasteiger partial charge in [-0.15, -0.1) is 0 Å². The molecule has 1 N–H and O–H groups in total. The van der Waals surface area contributed by atoms with Gasteiger partial charge in [-0.25, -0.2) is 0 Å². The first-order valence-electron chi connectivity index (χ1n) is 8.09. The van der Waals surface area contributed by atoms with Gasteiger partial charge in [0.25, 0.3) is 5.91 Å². The van der Waals surface area contributed by atoms with Gasteiger partial charge in [-0.05, 0) is 68.7 Å². The predicted octanol–water partition coefficient (Wildman–Crippen LogP) is 3.96. The molecule has 24 heavy (non-hydrogen) atoms. The van der Waals surface area contributed by atoms with Crippen LogP contribution in [0.4, 0.5) is 0 Å². The van der Waals surface area contributed by atoms with Gasteiger partial charge in [0.05, 0.1) is 13.2 Å². The summed E-state index contributed by atoms with van der Waals surface area (Å²) in [6.07, 6.45) is -0.576. The Morgan fingerprint density at radius 3 is 2.17 bits per heavy atom. The molecule has 128 valence electrons. The van der Waals surface area contributed by atoms with Crippen molar-refractivity contribution in [2.75, 3.05) is 7.11 Å². The fourth-order valence-corrected chi connectivity index (χ4v) is 2.36. The van der Waals surface area contributed by atoms with Crippen molar-refractivity contribution in [3.63, 3.8) is 0 Å². The normalized spacial score (nSPS) is 13.0. The summed E-state index contributed by atoms with van der Waals surface area (Å²) < 4.78 is 10.8. The molecule has 2 rings (SSSR count). The van der Waals surface area contributed by atoms with Crippen LogP contribution in [0.3, 0.4) is 0 Å². The molecule has 1 amide bonds. The zero-order chi connectivity index (χ0) is 17.7. The maximum absolute atomic E-state index is 12.3. The van der Waals surface area contributed by atoms with E-state index in [2.05, 4.69) is 31.3 Å². The van der Waals surface area contributed by atoms with Gasteiger partial charge in [0, 0.05) is 0 Å². The quantitative estimate of drug-likeness (QED) is 0.874. The van der Waals surface area contributed by atoms with Gasteiger partial charge in [-0.3, -0.25) is 4.79 Å². The number of hydrogen-bond acceptors (Lipinski definition) is 3. The first-order chi connectivity index (χ1) is 11.4. The van der Waals surface area contributed by atoms with Gasteiger partial charge in [0.1, 0.15) is 11.5 Å². The summed E-state index contributed by atoms with van der Waals surface area (Å²) in [6, 6.07) is 13.3. The Kier molecular flexibility index (Phi) is 5.85. The third-order valence-corrected chi connectivity index (χ3v) is 4.13. The van der Waals surface area contributed by atoms with Gasteiger partial charge in [-0.1, -0.05) is 18.2 Å². The maximum atomic E-state index is 12.3. The Balaban J connectivity index is 1.95. The monoisotopic (exact) mass is 327 g/mol. The number of methoxy groups -OCH3 is 1. The molecule has 0 spiro atoms. The van der Waals surface area contributed by atoms with Crippen molar-refractivity contribution in [1.82, 2.24) is 5.32 Å². The average Bonchev–Trinajstić information content (AvgIpc) is 2.57. The molecule has 0 unspecified atom stereocenters. The Bertz CT molecular complexity index is 695. The smallest absolute Gasteiger partial charge is 0.261 e. The minimum absolute atomic E-state index is 0.0706. The molecule has 0 heterocycles. The molecule has 2 aromatic rings. The second-order valence-electron chi connectivity index (χ2n) is 6.01. The highest BCUT2D eigenvalue weighted by Crippen LogP contribution is 2.19. The van der Waals surface area contributed by atoms with E-state index in [-0.39, 0.29) is 11.9 Å². The van der Waals surface area contributed by atoms with Crippen LogP contribution in [0.1, 0.15) is 36.6 Å². The van der Waals surface area contributed by atoms with E-state index in [0.29, 0.717) is 5.75 Å². The SMILES string of the molecule is COc1ccc(O[C@@H](C)C(=O)N[C@H](C)c2ccc(C)c(C)c2)cc1. The van der Waals surface area contributed by atoms with Crippen molar-refractivity contribution >= 4 is 5.91 Å². The Morgan fingerprint density at radius 2 is 1.58 bits per heavy atom. The number of aryl methyl sites for hydroxylation is 2. The van der Waals surface area contributed by atoms with Gasteiger partial charge in [-0.2, -0.15) is 0 Å². The van der Waals surface area contributed by atoms with Crippen LogP contribution in [0.15, 0.2) is 42.5 Å². The molecule has 0 bridgehead atoms. The van der Waals surface area contributed by atoms with E-state index in [4.69, 9.17) is 9.47 Å². The van der Waals surface area contributed by atoms with Crippen LogP contribution >= 0.6 is 0 Å². The van der Waals surface area contributed by atoms with Crippen molar-refractivity contribution in [2.24, 2.45) is 0 Å². The summed E-state index contributed by atoms with van der Waals surface area (Å²) in [5.74, 6) is 1.25. The summed E-state index contributed by atoms with van der Waals surface area (Å²) in [6.45, 7) is 7.87. The summed E-state index contributed by atoms with van der Waals surface area (Å²) in [4.78, 5) is 12.3. The maximum Gasteiger partial charge on any atom is 0.261 e. The zero-order valence-electron chi connectivity index (χ0n) is 14.9. The fourth-order valence-electron chi connectivity index (χ4n) is 2.36. The van der Waals surface area contributed by atoms with Gasteiger partial charge in [0.2, 0.25) is 0 Å². The molecule has 2 aromatic carbocycles. The molecular formula is C20H25NO3. The first-order valence-corrected chi connectivity index (χ1v) is 8.09. The highest BCUT2D eigenvalue weighted by molar-refractivity contribution is 5.81. The third-order valence-electron chi connectivity index (χ3n) is 4.13. The minimum atomic E-state index is -0.576. The van der Waals surface area contributed by atoms with E-state index in [1.54, 1.807) is 38.3 Å². The average molecular weight is 327 g/mol. The molecular weight excluding hydrogens is 302 g/mol. The zero-order valence-corrected chi connectivity index (χ0v) is 14.9. The summed E-state index contributed by atoms with van der Waals surface area (Å²) in [7, 11) is 1.61. The lowest BCUT2D eigenvalue weighted by molar-refractivity contribution is -0.127. The first kappa shape index (κ1) is 17.9. The number of hydrogen-bond donors (Lipinski definition) is 1. The van der Waals surface area contributed by atoms with Crippen LogP contribution in [0.25, 0.3) is 0 Å². The summed E-state index contributed by atoms with van der Waals surface area (Å²) in [5.41, 5.74) is 3.55. The van der Waals surface area contributed by atoms with Crippen LogP contribution in [-0.4, -0.2) is 19.1 Å². The molecule has 0 aliphatic carbocycles. The molecule has 4 heteroatoms. The molecule has 0 saturated carbocycles. The van der Waals surface area contributed by atoms with Gasteiger partial charge >= 0.3 is 0 Å². The molecule has 2 atom stereocenters. The topological polar surface area (TPSA) is 47.6 Å². The number of carbonyl (C=O) groups is 1. The van der Waals surface area contributed by atoms with E-state index in [1.165, 1.54) is 11.1 Å². The molecule has 4 nitrogen and oxygen atoms in total. The van der Waals surface area contributed by atoms with E-state index in [1.807, 2.05) is 13.0 Å². The number of amides is 1. The van der Waals surface area contributed by atoms with Crippen molar-refractivity contribution < 1.29 is 14.3 Å². The number of benzene rings is 2. The second kappa shape index (κ2) is 7.86. The second-order valence-corrected chi connectivity index (χ2v) is 6.01. The van der Waals surface area contributed by atoms with Crippen LogP contribution in [0.5, 0.6) is 11.5 Å². The largest absolute Gasteiger partial charge is 0.497 e. The molecule has 0 radical (unpaired) electrons. The lowest BCUT2D eigenvalue weighted by Gasteiger charge is -2.19. The number of rotatable bonds is 6. The number of carbonyl (C=O) groups excluding carboxylic acids is 1. The van der Waals surface area contributed by atoms with Gasteiger partial charge < -0.3 is 14.8 Å². The standard InChI is InChI=1S/C20H25NO3/c1-13-6-7-17(12-14(13)2)15(3)21-20(22)16(4)24-19-10-8-18(23-5)9-11-19/h6-12,15-16H,1-5H3,(H,21,22)/t15-,16+/m1/s1. The van der Waals surface area contributed by atoms with Crippen molar-refractivity contribution in [1.29, 1.82) is 0 Å². The lowest BCUT2D eigenvalue weighted by atomic mass is 10.0. The summed E-state index contributed by atoms with van der Waals surface area (Å²) >= 11 is 0. The van der Waals surface area contributed by atoms with E-state index in [0.717, 1.165) is 11.3 Å². The number of ether oxygens (including phenoxy) is 2. The number of nitrogens with one attached hydrogen (secondary N) is 1. The van der Waals surface area contributed by atoms with Crippen LogP contribution in [-0.2, 0) is 4.79 Å². The van der Waals surface area contributed by atoms with E-state index >= 15 is 0 Å². The van der Waals surface area contributed by atoms with Crippen LogP contribution in [0, 0.1) is 13.8 Å². The Labute approximate surface area is 143 Å². The summed E-state index contributed by atoms with van der Waals surface area (Å²) in [5, 5.41) is 3.00. The highest BCUT2D eigenvalue weighted by atomic mass is 16.5. The van der Waals surface area contributed by atoms with Gasteiger partial charge in [0.15, 0.2) is 6.10 Å². The Morgan fingerprint density at radius 1 is 0.958 bits per heavy atom. The van der Waals surface area contributed by atoms with Crippen LogP contribution < -0.4 is 14.8 Å². The fraction of sp³-hybridized carbons (Fsp3) is 0.350. The van der Waals surface area contributed by atoms with E-state index < -0.39 is 6.10 Å². The molecule has 0 saturated heterocycles. The van der Waals surface area contributed by atoms with Crippen molar-refractivity contribution in [3.8, 4) is 11.5 Å². The van der Waals surface area contributed by atoms with E-state index in [9.17, 15) is 4.79 Å². The third kappa shape index (κ3) is 4.51. The molecule has 0 aromatic heterocycles. The van der Waals surface area contributed by atoms with Crippen LogP contribution in [0.2, 0.25) is 0 Å².